The monoisotopic (exact) mass is 308 g/mol. The Kier molecular flexibility index (Phi) is 3.90. The zero-order valence-corrected chi connectivity index (χ0v) is 13.6. The van der Waals surface area contributed by atoms with Gasteiger partial charge in [-0.1, -0.05) is 30.3 Å². The highest BCUT2D eigenvalue weighted by molar-refractivity contribution is 6.23. The van der Waals surface area contributed by atoms with Crippen molar-refractivity contribution in [2.24, 2.45) is 0 Å². The van der Waals surface area contributed by atoms with Crippen LogP contribution in [0.1, 0.15) is 23.1 Å². The van der Waals surface area contributed by atoms with E-state index in [0.29, 0.717) is 5.69 Å². The van der Waals surface area contributed by atoms with E-state index in [4.69, 9.17) is 0 Å². The van der Waals surface area contributed by atoms with E-state index in [1.54, 1.807) is 0 Å². The van der Waals surface area contributed by atoms with Crippen molar-refractivity contribution < 1.29 is 9.59 Å². The van der Waals surface area contributed by atoms with Crippen LogP contribution in [0.4, 0.5) is 11.4 Å². The molecule has 0 saturated carbocycles. The molecule has 1 atom stereocenters. The maximum absolute atomic E-state index is 12.7. The van der Waals surface area contributed by atoms with E-state index >= 15 is 0 Å². The first-order valence-electron chi connectivity index (χ1n) is 7.74. The third-order valence-electron chi connectivity index (χ3n) is 4.44. The maximum atomic E-state index is 12.7. The van der Waals surface area contributed by atoms with E-state index in [9.17, 15) is 9.59 Å². The molecule has 0 radical (unpaired) electrons. The van der Waals surface area contributed by atoms with Gasteiger partial charge < -0.3 is 5.32 Å². The highest BCUT2D eigenvalue weighted by Gasteiger charge is 2.40. The summed E-state index contributed by atoms with van der Waals surface area (Å²) in [6.45, 7) is 5.95. The summed E-state index contributed by atoms with van der Waals surface area (Å²) in [6.07, 6.45) is 0.181. The molecule has 0 aromatic heterocycles. The van der Waals surface area contributed by atoms with Gasteiger partial charge in [0, 0.05) is 5.69 Å². The smallest absolute Gasteiger partial charge is 0.256 e. The zero-order valence-electron chi connectivity index (χ0n) is 13.6. The Morgan fingerprint density at radius 1 is 0.957 bits per heavy atom. The van der Waals surface area contributed by atoms with Crippen molar-refractivity contribution in [3.8, 4) is 0 Å². The maximum Gasteiger partial charge on any atom is 0.256 e. The predicted octanol–water partition coefficient (Wildman–Crippen LogP) is 3.36. The van der Waals surface area contributed by atoms with Crippen molar-refractivity contribution in [3.05, 3.63) is 59.2 Å². The lowest BCUT2D eigenvalue weighted by atomic mass is 10.1. The fourth-order valence-electron chi connectivity index (χ4n) is 2.91. The summed E-state index contributed by atoms with van der Waals surface area (Å²) < 4.78 is 0. The molecule has 1 fully saturated rings. The van der Waals surface area contributed by atoms with Crippen LogP contribution in [-0.2, 0) is 9.59 Å². The number of amides is 2. The van der Waals surface area contributed by atoms with Gasteiger partial charge in [-0.2, -0.15) is 0 Å². The fraction of sp³-hybridized carbons (Fsp3) is 0.263. The van der Waals surface area contributed by atoms with Crippen LogP contribution in [-0.4, -0.2) is 17.9 Å². The molecule has 23 heavy (non-hydrogen) atoms. The van der Waals surface area contributed by atoms with Crippen LogP contribution in [0, 0.1) is 20.8 Å². The van der Waals surface area contributed by atoms with Crippen molar-refractivity contribution in [3.63, 3.8) is 0 Å². The van der Waals surface area contributed by atoms with Crippen LogP contribution in [0.5, 0.6) is 0 Å². The Morgan fingerprint density at radius 2 is 1.65 bits per heavy atom. The Bertz CT molecular complexity index is 783. The Labute approximate surface area is 136 Å². The fourth-order valence-corrected chi connectivity index (χ4v) is 2.91. The van der Waals surface area contributed by atoms with Crippen LogP contribution < -0.4 is 10.2 Å². The average molecular weight is 308 g/mol. The topological polar surface area (TPSA) is 49.4 Å². The van der Waals surface area contributed by atoms with Crippen molar-refractivity contribution in [2.45, 2.75) is 33.2 Å². The molecule has 118 valence electrons. The number of imide groups is 1. The van der Waals surface area contributed by atoms with Gasteiger partial charge >= 0.3 is 0 Å². The van der Waals surface area contributed by atoms with Crippen LogP contribution in [0.2, 0.25) is 0 Å². The number of carbonyl (C=O) groups is 2. The van der Waals surface area contributed by atoms with E-state index in [1.807, 2.05) is 63.2 Å². The number of nitrogens with zero attached hydrogens (tertiary/aromatic N) is 1. The number of aryl methyl sites for hydroxylation is 2. The van der Waals surface area contributed by atoms with Gasteiger partial charge in [-0.05, 0) is 49.6 Å². The first kappa shape index (κ1) is 15.3. The summed E-state index contributed by atoms with van der Waals surface area (Å²) in [6, 6.07) is 12.9. The van der Waals surface area contributed by atoms with Crippen LogP contribution in [0.15, 0.2) is 42.5 Å². The lowest BCUT2D eigenvalue weighted by molar-refractivity contribution is -0.121. The van der Waals surface area contributed by atoms with Crippen molar-refractivity contribution >= 4 is 23.2 Å². The first-order chi connectivity index (χ1) is 11.0. The SMILES string of the molecule is Cc1ccccc1N1C(=O)CC(Nc2cccc(C)c2C)C1=O. The molecular formula is C19H20N2O2. The Hall–Kier alpha value is -2.62. The molecule has 2 aromatic rings. The molecular weight excluding hydrogens is 288 g/mol. The number of carbonyl (C=O) groups excluding carboxylic acids is 2. The molecule has 1 aliphatic heterocycles. The van der Waals surface area contributed by atoms with Gasteiger partial charge in [0.2, 0.25) is 5.91 Å². The minimum atomic E-state index is -0.511. The number of hydrogen-bond donors (Lipinski definition) is 1. The molecule has 4 nitrogen and oxygen atoms in total. The summed E-state index contributed by atoms with van der Waals surface area (Å²) >= 11 is 0. The zero-order chi connectivity index (χ0) is 16.6. The second kappa shape index (κ2) is 5.88. The molecule has 4 heteroatoms. The summed E-state index contributed by atoms with van der Waals surface area (Å²) in [7, 11) is 0. The standard InChI is InChI=1S/C19H20N2O2/c1-12-8-6-9-15(14(12)3)20-16-11-18(22)21(19(16)23)17-10-5-4-7-13(17)2/h4-10,16,20H,11H2,1-3H3. The largest absolute Gasteiger partial charge is 0.373 e. The van der Waals surface area contributed by atoms with Gasteiger partial charge in [-0.25, -0.2) is 4.90 Å². The Balaban J connectivity index is 1.87. The molecule has 2 amide bonds. The Morgan fingerprint density at radius 3 is 2.39 bits per heavy atom. The van der Waals surface area contributed by atoms with E-state index in [1.165, 1.54) is 4.90 Å². The van der Waals surface area contributed by atoms with Crippen molar-refractivity contribution in [2.75, 3.05) is 10.2 Å². The minimum Gasteiger partial charge on any atom is -0.373 e. The number of nitrogens with one attached hydrogen (secondary N) is 1. The number of rotatable bonds is 3. The molecule has 0 bridgehead atoms. The number of anilines is 2. The molecule has 1 saturated heterocycles. The highest BCUT2D eigenvalue weighted by atomic mass is 16.2. The molecule has 0 spiro atoms. The number of benzene rings is 2. The van der Waals surface area contributed by atoms with Gasteiger partial charge in [0.15, 0.2) is 0 Å². The average Bonchev–Trinajstić information content (AvgIpc) is 2.79. The van der Waals surface area contributed by atoms with Crippen molar-refractivity contribution in [1.82, 2.24) is 0 Å². The minimum absolute atomic E-state index is 0.160. The second-order valence-electron chi connectivity index (χ2n) is 6.00. The molecule has 0 aliphatic carbocycles. The van der Waals surface area contributed by atoms with E-state index in [0.717, 1.165) is 22.4 Å². The van der Waals surface area contributed by atoms with Crippen LogP contribution >= 0.6 is 0 Å². The van der Waals surface area contributed by atoms with E-state index in [2.05, 4.69) is 5.32 Å². The van der Waals surface area contributed by atoms with E-state index < -0.39 is 6.04 Å². The third kappa shape index (κ3) is 2.72. The number of hydrogen-bond acceptors (Lipinski definition) is 3. The van der Waals surface area contributed by atoms with Gasteiger partial charge in [-0.15, -0.1) is 0 Å². The van der Waals surface area contributed by atoms with Crippen LogP contribution in [0.3, 0.4) is 0 Å². The van der Waals surface area contributed by atoms with Gasteiger partial charge in [-0.3, -0.25) is 9.59 Å². The molecule has 1 aliphatic rings. The lowest BCUT2D eigenvalue weighted by Crippen LogP contribution is -2.35. The normalized spacial score (nSPS) is 17.7. The molecule has 3 rings (SSSR count). The van der Waals surface area contributed by atoms with Gasteiger partial charge in [0.05, 0.1) is 12.1 Å². The quantitative estimate of drug-likeness (QED) is 0.885. The van der Waals surface area contributed by atoms with Crippen LogP contribution in [0.25, 0.3) is 0 Å². The van der Waals surface area contributed by atoms with Crippen molar-refractivity contribution in [1.29, 1.82) is 0 Å². The second-order valence-corrected chi connectivity index (χ2v) is 6.00. The third-order valence-corrected chi connectivity index (χ3v) is 4.44. The highest BCUT2D eigenvalue weighted by Crippen LogP contribution is 2.28. The molecule has 1 heterocycles. The predicted molar refractivity (Wildman–Crippen MR) is 91.6 cm³/mol. The summed E-state index contributed by atoms with van der Waals surface area (Å²) in [5.41, 5.74) is 4.75. The summed E-state index contributed by atoms with van der Waals surface area (Å²) in [5.74, 6) is -0.350. The van der Waals surface area contributed by atoms with E-state index in [-0.39, 0.29) is 18.2 Å². The van der Waals surface area contributed by atoms with Gasteiger partial charge in [0.25, 0.3) is 5.91 Å². The molecule has 1 N–H and O–H groups in total. The number of para-hydroxylation sites is 1. The summed E-state index contributed by atoms with van der Waals surface area (Å²) in [5, 5.41) is 3.24. The molecule has 1 unspecified atom stereocenters. The summed E-state index contributed by atoms with van der Waals surface area (Å²) in [4.78, 5) is 26.4. The van der Waals surface area contributed by atoms with Gasteiger partial charge in [0.1, 0.15) is 6.04 Å². The first-order valence-corrected chi connectivity index (χ1v) is 7.74. The molecule has 2 aromatic carbocycles. The lowest BCUT2D eigenvalue weighted by Gasteiger charge is -2.19.